The molecule has 1 N–H and O–H groups in total. The van der Waals surface area contributed by atoms with Crippen molar-refractivity contribution in [2.24, 2.45) is 0 Å². The monoisotopic (exact) mass is 535 g/mol. The highest BCUT2D eigenvalue weighted by atomic mass is 35.5. The van der Waals surface area contributed by atoms with Gasteiger partial charge in [0.1, 0.15) is 5.58 Å². The molecule has 0 radical (unpaired) electrons. The zero-order chi connectivity index (χ0) is 26.2. The number of benzene rings is 3. The topological polar surface area (TPSA) is 68.5 Å². The first-order chi connectivity index (χ1) is 17.0. The van der Waals surface area contributed by atoms with Gasteiger partial charge >= 0.3 is 6.18 Å². The minimum atomic E-state index is -4.62. The Bertz CT molecular complexity index is 1520. The lowest BCUT2D eigenvalue weighted by molar-refractivity contribution is -0.137. The third-order valence-electron chi connectivity index (χ3n) is 5.38. The number of alkyl halides is 3. The van der Waals surface area contributed by atoms with Crippen LogP contribution in [0.15, 0.2) is 69.9 Å². The predicted octanol–water partition coefficient (Wildman–Crippen LogP) is 7.50. The minimum absolute atomic E-state index is 0.0894. The molecule has 0 aliphatic rings. The number of fused-ring (bicyclic) bond motifs is 1. The molecule has 4 rings (SSSR count). The molecule has 1 atom stereocenters. The average molecular weight is 536 g/mol. The van der Waals surface area contributed by atoms with E-state index in [0.717, 1.165) is 18.2 Å². The second-order valence-electron chi connectivity index (χ2n) is 7.99. The van der Waals surface area contributed by atoms with Crippen LogP contribution in [0.25, 0.3) is 22.3 Å². The highest BCUT2D eigenvalue weighted by molar-refractivity contribution is 6.33. The highest BCUT2D eigenvalue weighted by Gasteiger charge is 2.31. The lowest BCUT2D eigenvalue weighted by Gasteiger charge is -2.18. The minimum Gasteiger partial charge on any atom is -0.473 e. The lowest BCUT2D eigenvalue weighted by Crippen LogP contribution is -2.32. The summed E-state index contributed by atoms with van der Waals surface area (Å²) in [4.78, 5) is 26.2. The first kappa shape index (κ1) is 25.6. The molecule has 36 heavy (non-hydrogen) atoms. The van der Waals surface area contributed by atoms with Crippen LogP contribution >= 0.6 is 23.2 Å². The molecule has 4 aromatic rings. The summed E-state index contributed by atoms with van der Waals surface area (Å²) in [6, 6.07) is 14.3. The van der Waals surface area contributed by atoms with Crippen LogP contribution in [0.1, 0.15) is 18.1 Å². The largest absolute Gasteiger partial charge is 0.473 e. The smallest absolute Gasteiger partial charge is 0.416 e. The van der Waals surface area contributed by atoms with Crippen molar-refractivity contribution in [3.8, 4) is 17.1 Å². The molecule has 0 spiro atoms. The van der Waals surface area contributed by atoms with Gasteiger partial charge in [-0.25, -0.2) is 0 Å². The molecule has 0 fully saturated rings. The van der Waals surface area contributed by atoms with Crippen LogP contribution in [-0.4, -0.2) is 12.0 Å². The van der Waals surface area contributed by atoms with E-state index in [2.05, 4.69) is 5.32 Å². The fraction of sp³-hybridized carbons (Fsp3) is 0.154. The van der Waals surface area contributed by atoms with E-state index in [1.807, 2.05) is 0 Å². The van der Waals surface area contributed by atoms with E-state index in [0.29, 0.717) is 16.1 Å². The second-order valence-corrected chi connectivity index (χ2v) is 8.81. The van der Waals surface area contributed by atoms with Gasteiger partial charge in [-0.1, -0.05) is 53.5 Å². The molecule has 0 aliphatic heterocycles. The van der Waals surface area contributed by atoms with Gasteiger partial charge in [0.05, 0.1) is 21.7 Å². The molecule has 0 bridgehead atoms. The zero-order valence-electron chi connectivity index (χ0n) is 18.9. The van der Waals surface area contributed by atoms with Gasteiger partial charge in [-0.15, -0.1) is 0 Å². The van der Waals surface area contributed by atoms with Gasteiger partial charge in [0.15, 0.2) is 11.9 Å². The van der Waals surface area contributed by atoms with Crippen molar-refractivity contribution in [1.29, 1.82) is 0 Å². The SMILES string of the molecule is Cc1cc2oc(-c3ccccc3)c(OC(C)C(=O)Nc3cc(C(F)(F)F)ccc3Cl)c(=O)c2cc1Cl. The molecule has 0 aliphatic carbocycles. The molecule has 0 saturated carbocycles. The quantitative estimate of drug-likeness (QED) is 0.287. The summed E-state index contributed by atoms with van der Waals surface area (Å²) in [5, 5.41) is 2.72. The van der Waals surface area contributed by atoms with Crippen molar-refractivity contribution in [1.82, 2.24) is 0 Å². The number of anilines is 1. The number of nitrogens with one attached hydrogen (secondary N) is 1. The van der Waals surface area contributed by atoms with Crippen LogP contribution in [0.4, 0.5) is 18.9 Å². The zero-order valence-corrected chi connectivity index (χ0v) is 20.4. The molecule has 1 amide bonds. The van der Waals surface area contributed by atoms with E-state index >= 15 is 0 Å². The number of aryl methyl sites for hydroxylation is 1. The van der Waals surface area contributed by atoms with Crippen molar-refractivity contribution in [2.45, 2.75) is 26.1 Å². The highest BCUT2D eigenvalue weighted by Crippen LogP contribution is 2.35. The third-order valence-corrected chi connectivity index (χ3v) is 6.12. The summed E-state index contributed by atoms with van der Waals surface area (Å²) in [6.45, 7) is 3.11. The van der Waals surface area contributed by atoms with Gasteiger partial charge in [-0.05, 0) is 49.7 Å². The second kappa shape index (κ2) is 9.87. The van der Waals surface area contributed by atoms with Crippen LogP contribution in [0, 0.1) is 6.92 Å². The van der Waals surface area contributed by atoms with E-state index in [1.54, 1.807) is 43.3 Å². The van der Waals surface area contributed by atoms with Crippen molar-refractivity contribution in [2.75, 3.05) is 5.32 Å². The van der Waals surface area contributed by atoms with E-state index in [-0.39, 0.29) is 33.2 Å². The summed E-state index contributed by atoms with van der Waals surface area (Å²) in [5.74, 6) is -0.977. The fourth-order valence-corrected chi connectivity index (χ4v) is 3.78. The summed E-state index contributed by atoms with van der Waals surface area (Å²) in [7, 11) is 0. The molecular formula is C26H18Cl2F3NO4. The molecule has 1 heterocycles. The Labute approximate surface area is 213 Å². The van der Waals surface area contributed by atoms with Crippen molar-refractivity contribution in [3.05, 3.63) is 92.1 Å². The van der Waals surface area contributed by atoms with Crippen LogP contribution < -0.4 is 15.5 Å². The average Bonchev–Trinajstić information content (AvgIpc) is 2.83. The molecule has 186 valence electrons. The standard InChI is InChI=1S/C26H18Cl2F3NO4/c1-13-10-21-17(12-19(13)28)22(33)24(23(36-21)15-6-4-3-5-7-15)35-14(2)25(34)32-20-11-16(26(29,30)31)8-9-18(20)27/h3-12,14H,1-2H3,(H,32,34). The van der Waals surface area contributed by atoms with Crippen LogP contribution in [0.5, 0.6) is 5.75 Å². The van der Waals surface area contributed by atoms with Gasteiger partial charge in [0, 0.05) is 10.6 Å². The van der Waals surface area contributed by atoms with Gasteiger partial charge in [0.25, 0.3) is 5.91 Å². The number of amides is 1. The molecule has 1 unspecified atom stereocenters. The maximum Gasteiger partial charge on any atom is 0.416 e. The lowest BCUT2D eigenvalue weighted by atomic mass is 10.1. The van der Waals surface area contributed by atoms with Crippen molar-refractivity contribution in [3.63, 3.8) is 0 Å². The summed E-state index contributed by atoms with van der Waals surface area (Å²) in [5.41, 5.74) is -0.291. The fourth-order valence-electron chi connectivity index (χ4n) is 3.45. The Balaban J connectivity index is 1.72. The van der Waals surface area contributed by atoms with Gasteiger partial charge in [-0.2, -0.15) is 13.2 Å². The molecule has 1 aromatic heterocycles. The van der Waals surface area contributed by atoms with Crippen molar-refractivity contribution >= 4 is 45.8 Å². The third kappa shape index (κ3) is 5.20. The predicted molar refractivity (Wildman–Crippen MR) is 133 cm³/mol. The van der Waals surface area contributed by atoms with Gasteiger partial charge in [0.2, 0.25) is 11.2 Å². The molecular weight excluding hydrogens is 518 g/mol. The molecule has 0 saturated heterocycles. The molecule has 5 nitrogen and oxygen atoms in total. The van der Waals surface area contributed by atoms with Crippen LogP contribution in [-0.2, 0) is 11.0 Å². The number of carbonyl (C=O) groups is 1. The first-order valence-electron chi connectivity index (χ1n) is 10.6. The first-order valence-corrected chi connectivity index (χ1v) is 11.4. The summed E-state index contributed by atoms with van der Waals surface area (Å²) >= 11 is 12.2. The van der Waals surface area contributed by atoms with Crippen LogP contribution in [0.2, 0.25) is 10.0 Å². The van der Waals surface area contributed by atoms with E-state index in [1.165, 1.54) is 13.0 Å². The number of halogens is 5. The Kier molecular flexibility index (Phi) is 7.02. The molecule has 10 heteroatoms. The number of hydrogen-bond acceptors (Lipinski definition) is 4. The Morgan fingerprint density at radius 2 is 1.72 bits per heavy atom. The number of ether oxygens (including phenoxy) is 1. The Hall–Kier alpha value is -3.49. The Morgan fingerprint density at radius 3 is 2.39 bits per heavy atom. The van der Waals surface area contributed by atoms with Gasteiger partial charge in [-0.3, -0.25) is 9.59 Å². The summed E-state index contributed by atoms with van der Waals surface area (Å²) < 4.78 is 51.0. The van der Waals surface area contributed by atoms with Crippen molar-refractivity contribution < 1.29 is 27.1 Å². The summed E-state index contributed by atoms with van der Waals surface area (Å²) in [6.07, 6.45) is -5.93. The van der Waals surface area contributed by atoms with E-state index in [4.69, 9.17) is 32.4 Å². The van der Waals surface area contributed by atoms with E-state index in [9.17, 15) is 22.8 Å². The van der Waals surface area contributed by atoms with Crippen LogP contribution in [0.3, 0.4) is 0 Å². The number of rotatable bonds is 5. The van der Waals surface area contributed by atoms with E-state index < -0.39 is 29.2 Å². The maximum absolute atomic E-state index is 13.4. The van der Waals surface area contributed by atoms with Gasteiger partial charge < -0.3 is 14.5 Å². The molecule has 3 aromatic carbocycles. The maximum atomic E-state index is 13.4. The number of hydrogen-bond donors (Lipinski definition) is 1. The number of carbonyl (C=O) groups excluding carboxylic acids is 1. The Morgan fingerprint density at radius 1 is 1.03 bits per heavy atom. The normalized spacial score (nSPS) is 12.4.